The second-order valence-corrected chi connectivity index (χ2v) is 6.32. The summed E-state index contributed by atoms with van der Waals surface area (Å²) < 4.78 is 40.4. The first-order valence-electron chi connectivity index (χ1n) is 8.08. The summed E-state index contributed by atoms with van der Waals surface area (Å²) in [6.45, 7) is 7.46. The summed E-state index contributed by atoms with van der Waals surface area (Å²) in [6.07, 6.45) is -2.84. The van der Waals surface area contributed by atoms with Crippen molar-refractivity contribution in [3.63, 3.8) is 0 Å². The van der Waals surface area contributed by atoms with Gasteiger partial charge < -0.3 is 15.8 Å². The van der Waals surface area contributed by atoms with Crippen molar-refractivity contribution in [2.75, 3.05) is 0 Å². The van der Waals surface area contributed by atoms with Gasteiger partial charge in [-0.1, -0.05) is 32.1 Å². The van der Waals surface area contributed by atoms with Crippen molar-refractivity contribution in [3.05, 3.63) is 42.5 Å². The third-order valence-electron chi connectivity index (χ3n) is 3.62. The molecule has 26 heavy (non-hydrogen) atoms. The van der Waals surface area contributed by atoms with Crippen LogP contribution >= 0.6 is 0 Å². The second-order valence-electron chi connectivity index (χ2n) is 6.32. The fourth-order valence-electron chi connectivity index (χ4n) is 2.42. The van der Waals surface area contributed by atoms with Crippen LogP contribution in [0.2, 0.25) is 0 Å². The molecule has 0 radical (unpaired) electrons. The number of hydrogen-bond acceptors (Lipinski definition) is 3. The molecule has 0 aliphatic rings. The predicted molar refractivity (Wildman–Crippen MR) is 91.3 cm³/mol. The summed E-state index contributed by atoms with van der Waals surface area (Å²) >= 11 is 0. The molecule has 1 rings (SSSR count). The summed E-state index contributed by atoms with van der Waals surface area (Å²) in [5, 5.41) is 2.59. The summed E-state index contributed by atoms with van der Waals surface area (Å²) in [4.78, 5) is 23.6. The molecule has 0 spiro atoms. The van der Waals surface area contributed by atoms with Gasteiger partial charge in [-0.3, -0.25) is 9.59 Å². The number of rotatable bonds is 9. The summed E-state index contributed by atoms with van der Waals surface area (Å²) in [7, 11) is 0. The lowest BCUT2D eigenvalue weighted by atomic mass is 9.95. The van der Waals surface area contributed by atoms with Gasteiger partial charge in [-0.05, 0) is 30.0 Å². The molecule has 5 nitrogen and oxygen atoms in total. The van der Waals surface area contributed by atoms with Crippen molar-refractivity contribution in [3.8, 4) is 5.75 Å². The number of carbonyl (C=O) groups is 2. The van der Waals surface area contributed by atoms with E-state index < -0.39 is 30.1 Å². The van der Waals surface area contributed by atoms with Crippen molar-refractivity contribution in [1.29, 1.82) is 0 Å². The Morgan fingerprint density at radius 3 is 2.27 bits per heavy atom. The fraction of sp³-hybridized carbons (Fsp3) is 0.444. The number of hydrogen-bond donors (Lipinski definition) is 2. The smallest absolute Gasteiger partial charge is 0.406 e. The fourth-order valence-corrected chi connectivity index (χ4v) is 2.42. The molecular weight excluding hydrogens is 349 g/mol. The number of alkyl halides is 3. The summed E-state index contributed by atoms with van der Waals surface area (Å²) in [6, 6.07) is 4.43. The lowest BCUT2D eigenvalue weighted by molar-refractivity contribution is -0.274. The normalized spacial score (nSPS) is 13.8. The van der Waals surface area contributed by atoms with E-state index in [9.17, 15) is 22.8 Å². The van der Waals surface area contributed by atoms with Gasteiger partial charge in [0.15, 0.2) is 0 Å². The molecule has 0 heterocycles. The minimum Gasteiger partial charge on any atom is -0.406 e. The van der Waals surface area contributed by atoms with Gasteiger partial charge in [0.2, 0.25) is 11.8 Å². The van der Waals surface area contributed by atoms with Crippen LogP contribution in [-0.4, -0.2) is 24.2 Å². The highest BCUT2D eigenvalue weighted by Crippen LogP contribution is 2.27. The molecule has 0 saturated carbocycles. The van der Waals surface area contributed by atoms with E-state index >= 15 is 0 Å². The summed E-state index contributed by atoms with van der Waals surface area (Å²) in [5.41, 5.74) is 5.90. The Hall–Kier alpha value is -2.51. The molecule has 0 fully saturated rings. The van der Waals surface area contributed by atoms with Crippen molar-refractivity contribution in [1.82, 2.24) is 5.32 Å². The Balaban J connectivity index is 2.75. The number of amides is 2. The average molecular weight is 372 g/mol. The maximum atomic E-state index is 12.2. The van der Waals surface area contributed by atoms with E-state index in [0.29, 0.717) is 12.0 Å². The van der Waals surface area contributed by atoms with Gasteiger partial charge >= 0.3 is 6.36 Å². The SMILES string of the molecule is C=CC(CC(=O)N[C@@H](CC(C)C)C(N)=O)c1ccc(OC(F)(F)F)cc1. The number of benzene rings is 1. The minimum atomic E-state index is -4.76. The van der Waals surface area contributed by atoms with Gasteiger partial charge in [0.05, 0.1) is 0 Å². The van der Waals surface area contributed by atoms with Crippen LogP contribution in [0.1, 0.15) is 38.2 Å². The molecule has 0 aromatic heterocycles. The van der Waals surface area contributed by atoms with E-state index in [-0.39, 0.29) is 18.1 Å². The average Bonchev–Trinajstić information content (AvgIpc) is 2.51. The number of nitrogens with one attached hydrogen (secondary N) is 1. The van der Waals surface area contributed by atoms with Crippen LogP contribution in [0, 0.1) is 5.92 Å². The van der Waals surface area contributed by atoms with Gasteiger partial charge in [0.25, 0.3) is 0 Å². The molecule has 1 aromatic rings. The van der Waals surface area contributed by atoms with Crippen LogP contribution in [-0.2, 0) is 9.59 Å². The zero-order valence-electron chi connectivity index (χ0n) is 14.7. The third-order valence-corrected chi connectivity index (χ3v) is 3.62. The van der Waals surface area contributed by atoms with Crippen LogP contribution in [0.5, 0.6) is 5.75 Å². The van der Waals surface area contributed by atoms with Gasteiger partial charge in [-0.25, -0.2) is 0 Å². The van der Waals surface area contributed by atoms with Gasteiger partial charge in [-0.15, -0.1) is 19.8 Å². The van der Waals surface area contributed by atoms with E-state index in [1.807, 2.05) is 13.8 Å². The zero-order valence-corrected chi connectivity index (χ0v) is 14.7. The Labute approximate surface area is 150 Å². The Kier molecular flexibility index (Phi) is 7.67. The molecule has 144 valence electrons. The standard InChI is InChI=1S/C18H23F3N2O3/c1-4-12(10-16(24)23-15(17(22)25)9-11(2)3)13-5-7-14(8-6-13)26-18(19,20)21/h4-8,11-12,15H,1,9-10H2,2-3H3,(H2,22,25)(H,23,24)/t12?,15-/m0/s1. The Bertz CT molecular complexity index is 628. The van der Waals surface area contributed by atoms with Crippen LogP contribution in [0.15, 0.2) is 36.9 Å². The largest absolute Gasteiger partial charge is 0.573 e. The molecular formula is C18H23F3N2O3. The Morgan fingerprint density at radius 2 is 1.85 bits per heavy atom. The zero-order chi connectivity index (χ0) is 19.9. The predicted octanol–water partition coefficient (Wildman–Crippen LogP) is 3.26. The van der Waals surface area contributed by atoms with Crippen molar-refractivity contribution >= 4 is 11.8 Å². The minimum absolute atomic E-state index is 0.00908. The van der Waals surface area contributed by atoms with Crippen LogP contribution in [0.3, 0.4) is 0 Å². The molecule has 1 aromatic carbocycles. The first-order chi connectivity index (χ1) is 12.0. The molecule has 2 atom stereocenters. The number of allylic oxidation sites excluding steroid dienone is 1. The topological polar surface area (TPSA) is 81.4 Å². The van der Waals surface area contributed by atoms with Gasteiger partial charge in [0, 0.05) is 12.3 Å². The highest BCUT2D eigenvalue weighted by atomic mass is 19.4. The molecule has 0 bridgehead atoms. The van der Waals surface area contributed by atoms with Crippen molar-refractivity contribution < 1.29 is 27.5 Å². The van der Waals surface area contributed by atoms with E-state index in [4.69, 9.17) is 5.73 Å². The highest BCUT2D eigenvalue weighted by Gasteiger charge is 2.31. The van der Waals surface area contributed by atoms with Gasteiger partial charge in [0.1, 0.15) is 11.8 Å². The number of carbonyl (C=O) groups excluding carboxylic acids is 2. The number of ether oxygens (including phenoxy) is 1. The number of primary amides is 1. The third kappa shape index (κ3) is 7.58. The maximum absolute atomic E-state index is 12.2. The van der Waals surface area contributed by atoms with E-state index in [0.717, 1.165) is 0 Å². The molecule has 0 aliphatic heterocycles. The molecule has 2 amide bonds. The van der Waals surface area contributed by atoms with E-state index in [2.05, 4.69) is 16.6 Å². The lowest BCUT2D eigenvalue weighted by Crippen LogP contribution is -2.45. The van der Waals surface area contributed by atoms with Crippen molar-refractivity contribution in [2.45, 2.75) is 45.0 Å². The van der Waals surface area contributed by atoms with Crippen LogP contribution in [0.4, 0.5) is 13.2 Å². The first kappa shape index (κ1) is 21.5. The van der Waals surface area contributed by atoms with Gasteiger partial charge in [-0.2, -0.15) is 0 Å². The molecule has 1 unspecified atom stereocenters. The van der Waals surface area contributed by atoms with Crippen LogP contribution < -0.4 is 15.8 Å². The molecule has 3 N–H and O–H groups in total. The first-order valence-corrected chi connectivity index (χ1v) is 8.08. The summed E-state index contributed by atoms with van der Waals surface area (Å²) in [5.74, 6) is -1.61. The second kappa shape index (κ2) is 9.26. The van der Waals surface area contributed by atoms with E-state index in [1.54, 1.807) is 0 Å². The van der Waals surface area contributed by atoms with Crippen molar-refractivity contribution in [2.24, 2.45) is 11.7 Å². The quantitative estimate of drug-likeness (QED) is 0.653. The molecule has 0 aliphatic carbocycles. The monoisotopic (exact) mass is 372 g/mol. The highest BCUT2D eigenvalue weighted by molar-refractivity contribution is 5.86. The molecule has 0 saturated heterocycles. The van der Waals surface area contributed by atoms with E-state index in [1.165, 1.54) is 30.3 Å². The maximum Gasteiger partial charge on any atom is 0.573 e. The lowest BCUT2D eigenvalue weighted by Gasteiger charge is -2.19. The van der Waals surface area contributed by atoms with Crippen LogP contribution in [0.25, 0.3) is 0 Å². The number of nitrogens with two attached hydrogens (primary N) is 1. The molecule has 8 heteroatoms. The Morgan fingerprint density at radius 1 is 1.27 bits per heavy atom. The number of halogens is 3.